The van der Waals surface area contributed by atoms with E-state index in [4.69, 9.17) is 0 Å². The second kappa shape index (κ2) is 5.95. The third-order valence-electron chi connectivity index (χ3n) is 2.21. The van der Waals surface area contributed by atoms with Gasteiger partial charge in [0.15, 0.2) is 11.6 Å². The van der Waals surface area contributed by atoms with Gasteiger partial charge < -0.3 is 15.2 Å². The van der Waals surface area contributed by atoms with Gasteiger partial charge in [0.2, 0.25) is 5.95 Å². The maximum Gasteiger partial charge on any atom is 0.224 e. The van der Waals surface area contributed by atoms with E-state index in [1.807, 2.05) is 6.92 Å². The average Bonchev–Trinajstić information content (AvgIpc) is 2.89. The Hall–Kier alpha value is -2.18. The molecule has 96 valence electrons. The van der Waals surface area contributed by atoms with Crippen molar-refractivity contribution in [2.75, 3.05) is 17.2 Å². The van der Waals surface area contributed by atoms with Crippen LogP contribution in [0.1, 0.15) is 19.0 Å². The van der Waals surface area contributed by atoms with Gasteiger partial charge in [-0.05, 0) is 6.42 Å². The molecule has 0 bridgehead atoms. The highest BCUT2D eigenvalue weighted by Gasteiger charge is 2.07. The minimum absolute atomic E-state index is 0.145. The first-order chi connectivity index (χ1) is 8.79. The van der Waals surface area contributed by atoms with Gasteiger partial charge in [0.1, 0.15) is 12.0 Å². The van der Waals surface area contributed by atoms with Gasteiger partial charge in [-0.3, -0.25) is 0 Å². The van der Waals surface area contributed by atoms with E-state index < -0.39 is 5.82 Å². The van der Waals surface area contributed by atoms with E-state index in [1.54, 1.807) is 6.07 Å². The quantitative estimate of drug-likeness (QED) is 0.818. The van der Waals surface area contributed by atoms with Gasteiger partial charge in [0, 0.05) is 12.6 Å². The van der Waals surface area contributed by atoms with E-state index in [2.05, 4.69) is 30.3 Å². The highest BCUT2D eigenvalue weighted by atomic mass is 19.1. The Kier molecular flexibility index (Phi) is 4.06. The van der Waals surface area contributed by atoms with Gasteiger partial charge in [-0.2, -0.15) is 4.98 Å². The summed E-state index contributed by atoms with van der Waals surface area (Å²) in [5.41, 5.74) is 0.677. The molecule has 0 unspecified atom stereocenters. The number of halogens is 1. The fourth-order valence-corrected chi connectivity index (χ4v) is 1.32. The zero-order valence-corrected chi connectivity index (χ0v) is 9.98. The predicted octanol–water partition coefficient (Wildman–Crippen LogP) is 2.04. The Labute approximate surface area is 104 Å². The van der Waals surface area contributed by atoms with Crippen molar-refractivity contribution in [1.29, 1.82) is 0 Å². The van der Waals surface area contributed by atoms with Crippen LogP contribution in [0.15, 0.2) is 23.0 Å². The first kappa shape index (κ1) is 12.3. The number of anilines is 2. The molecule has 0 spiro atoms. The lowest BCUT2D eigenvalue weighted by atomic mass is 10.4. The van der Waals surface area contributed by atoms with E-state index in [1.165, 1.54) is 6.26 Å². The molecule has 0 atom stereocenters. The lowest BCUT2D eigenvalue weighted by Crippen LogP contribution is -2.09. The van der Waals surface area contributed by atoms with E-state index in [0.29, 0.717) is 18.2 Å². The van der Waals surface area contributed by atoms with Gasteiger partial charge in [0.05, 0.1) is 12.7 Å². The largest absolute Gasteiger partial charge is 0.364 e. The maximum atomic E-state index is 13.5. The van der Waals surface area contributed by atoms with E-state index in [9.17, 15) is 4.39 Å². The van der Waals surface area contributed by atoms with E-state index in [0.717, 1.165) is 19.2 Å². The van der Waals surface area contributed by atoms with E-state index in [-0.39, 0.29) is 5.82 Å². The maximum absolute atomic E-state index is 13.5. The Bertz CT molecular complexity index is 488. The molecule has 0 aliphatic rings. The Morgan fingerprint density at radius 2 is 2.28 bits per heavy atom. The van der Waals surface area contributed by atoms with Crippen LogP contribution in [0.2, 0.25) is 0 Å². The van der Waals surface area contributed by atoms with Crippen molar-refractivity contribution < 1.29 is 8.91 Å². The van der Waals surface area contributed by atoms with Crippen LogP contribution < -0.4 is 10.6 Å². The van der Waals surface area contributed by atoms with Gasteiger partial charge in [-0.15, -0.1) is 0 Å². The molecule has 0 fully saturated rings. The number of aromatic nitrogens is 3. The third-order valence-corrected chi connectivity index (χ3v) is 2.21. The molecule has 2 N–H and O–H groups in total. The van der Waals surface area contributed by atoms with Crippen LogP contribution in [-0.4, -0.2) is 21.7 Å². The summed E-state index contributed by atoms with van der Waals surface area (Å²) in [6.07, 6.45) is 3.54. The molecule has 0 radical (unpaired) electrons. The molecule has 2 aromatic rings. The molecule has 0 saturated heterocycles. The molecule has 2 aromatic heterocycles. The summed E-state index contributed by atoms with van der Waals surface area (Å²) in [5.74, 6) is 0.0491. The van der Waals surface area contributed by atoms with Crippen molar-refractivity contribution in [1.82, 2.24) is 15.1 Å². The normalized spacial score (nSPS) is 10.3. The monoisotopic (exact) mass is 251 g/mol. The van der Waals surface area contributed by atoms with Crippen molar-refractivity contribution in [2.45, 2.75) is 19.9 Å². The summed E-state index contributed by atoms with van der Waals surface area (Å²) >= 11 is 0. The summed E-state index contributed by atoms with van der Waals surface area (Å²) in [6.45, 7) is 3.12. The molecule has 7 heteroatoms. The molecule has 0 aromatic carbocycles. The van der Waals surface area contributed by atoms with Crippen LogP contribution in [0, 0.1) is 5.82 Å². The van der Waals surface area contributed by atoms with E-state index >= 15 is 0 Å². The SMILES string of the molecule is CCCNc1ncc(F)c(NCc2ccon2)n1. The van der Waals surface area contributed by atoms with Crippen molar-refractivity contribution in [2.24, 2.45) is 0 Å². The minimum Gasteiger partial charge on any atom is -0.364 e. The highest BCUT2D eigenvalue weighted by molar-refractivity contribution is 5.41. The second-order valence-electron chi connectivity index (χ2n) is 3.66. The molecule has 0 amide bonds. The van der Waals surface area contributed by atoms with Crippen molar-refractivity contribution in [3.8, 4) is 0 Å². The topological polar surface area (TPSA) is 75.9 Å². The number of hydrogen-bond acceptors (Lipinski definition) is 6. The van der Waals surface area contributed by atoms with Crippen molar-refractivity contribution in [3.63, 3.8) is 0 Å². The Morgan fingerprint density at radius 1 is 1.39 bits per heavy atom. The predicted molar refractivity (Wildman–Crippen MR) is 64.6 cm³/mol. The molecule has 2 heterocycles. The zero-order valence-electron chi connectivity index (χ0n) is 9.98. The van der Waals surface area contributed by atoms with Gasteiger partial charge in [-0.25, -0.2) is 9.37 Å². The summed E-state index contributed by atoms with van der Waals surface area (Å²) in [4.78, 5) is 7.89. The van der Waals surface area contributed by atoms with Crippen LogP contribution in [-0.2, 0) is 6.54 Å². The standard InChI is InChI=1S/C11H14FN5O/c1-2-4-13-11-15-7-9(12)10(16-11)14-6-8-3-5-18-17-8/h3,5,7H,2,4,6H2,1H3,(H2,13,14,15,16). The van der Waals surface area contributed by atoms with Gasteiger partial charge >= 0.3 is 0 Å². The number of nitrogens with one attached hydrogen (secondary N) is 2. The summed E-state index contributed by atoms with van der Waals surface area (Å²) in [5, 5.41) is 9.55. The number of hydrogen-bond donors (Lipinski definition) is 2. The molecule has 0 aliphatic heterocycles. The Morgan fingerprint density at radius 3 is 3.00 bits per heavy atom. The molecule has 2 rings (SSSR count). The minimum atomic E-state index is -0.499. The van der Waals surface area contributed by atoms with Crippen LogP contribution in [0.3, 0.4) is 0 Å². The average molecular weight is 251 g/mol. The lowest BCUT2D eigenvalue weighted by molar-refractivity contribution is 0.412. The van der Waals surface area contributed by atoms with Crippen LogP contribution >= 0.6 is 0 Å². The fourth-order valence-electron chi connectivity index (χ4n) is 1.32. The first-order valence-electron chi connectivity index (χ1n) is 5.69. The first-order valence-corrected chi connectivity index (χ1v) is 5.69. The van der Waals surface area contributed by atoms with Crippen LogP contribution in [0.25, 0.3) is 0 Å². The highest BCUT2D eigenvalue weighted by Crippen LogP contribution is 2.12. The molecule has 18 heavy (non-hydrogen) atoms. The summed E-state index contributed by atoms with van der Waals surface area (Å²) < 4.78 is 18.1. The van der Waals surface area contributed by atoms with Gasteiger partial charge in [-0.1, -0.05) is 12.1 Å². The lowest BCUT2D eigenvalue weighted by Gasteiger charge is -2.07. The number of rotatable bonds is 6. The molecular weight excluding hydrogens is 237 g/mol. The Balaban J connectivity index is 2.01. The molecule has 6 nitrogen and oxygen atoms in total. The third kappa shape index (κ3) is 3.16. The van der Waals surface area contributed by atoms with Crippen molar-refractivity contribution >= 4 is 11.8 Å². The summed E-state index contributed by atoms with van der Waals surface area (Å²) in [7, 11) is 0. The van der Waals surface area contributed by atoms with Crippen LogP contribution in [0.4, 0.5) is 16.2 Å². The number of nitrogens with zero attached hydrogens (tertiary/aromatic N) is 3. The van der Waals surface area contributed by atoms with Gasteiger partial charge in [0.25, 0.3) is 0 Å². The summed E-state index contributed by atoms with van der Waals surface area (Å²) in [6, 6.07) is 1.70. The molecule has 0 saturated carbocycles. The molecular formula is C11H14FN5O. The second-order valence-corrected chi connectivity index (χ2v) is 3.66. The van der Waals surface area contributed by atoms with Crippen molar-refractivity contribution in [3.05, 3.63) is 30.0 Å². The van der Waals surface area contributed by atoms with Crippen LogP contribution in [0.5, 0.6) is 0 Å². The molecule has 0 aliphatic carbocycles. The fraction of sp³-hybridized carbons (Fsp3) is 0.364. The zero-order chi connectivity index (χ0) is 12.8. The smallest absolute Gasteiger partial charge is 0.224 e.